The zero-order valence-corrected chi connectivity index (χ0v) is 39.8. The minimum atomic E-state index is -5.73. The van der Waals surface area contributed by atoms with Gasteiger partial charge in [-0.1, -0.05) is 83.1 Å². The van der Waals surface area contributed by atoms with Crippen LogP contribution in [0.2, 0.25) is 0 Å². The third-order valence-corrected chi connectivity index (χ3v) is 12.9. The molecular formula is C34H75FN9O12P3. The van der Waals surface area contributed by atoms with Gasteiger partial charge in [0.1, 0.15) is 24.1 Å². The third kappa shape index (κ3) is 24.0. The summed E-state index contributed by atoms with van der Waals surface area (Å²) >= 11 is 0. The Labute approximate surface area is 350 Å². The number of aromatic nitrogens is 4. The number of nitrogens with zero attached hydrogens (tertiary/aromatic N) is 8. The van der Waals surface area contributed by atoms with E-state index in [1.165, 1.54) is 78.5 Å². The van der Waals surface area contributed by atoms with Gasteiger partial charge in [-0.05, 0) is 78.5 Å². The number of hydrogen-bond donors (Lipinski definition) is 6. The van der Waals surface area contributed by atoms with Crippen molar-refractivity contribution in [3.8, 4) is 0 Å². The quantitative estimate of drug-likeness (QED) is 0.0979. The van der Waals surface area contributed by atoms with E-state index in [9.17, 15) is 28.1 Å². The second-order valence-corrected chi connectivity index (χ2v) is 16.9. The van der Waals surface area contributed by atoms with E-state index < -0.39 is 54.7 Å². The molecule has 2 aromatic heterocycles. The molecule has 25 heteroatoms. The highest BCUT2D eigenvalue weighted by Crippen LogP contribution is 2.66. The normalized spacial score (nSPS) is 19.8. The summed E-state index contributed by atoms with van der Waals surface area (Å²) in [5.74, 6) is 0.00177. The Hall–Kier alpha value is -1.55. The average Bonchev–Trinajstić information content (AvgIpc) is 3.73. The molecule has 21 nitrogen and oxygen atoms in total. The molecule has 6 atom stereocenters. The first-order chi connectivity index (χ1) is 27.6. The number of halogens is 1. The van der Waals surface area contributed by atoms with Crippen molar-refractivity contribution in [2.75, 3.05) is 90.9 Å². The molecule has 1 aliphatic heterocycles. The molecule has 0 aromatic carbocycles. The van der Waals surface area contributed by atoms with Crippen molar-refractivity contribution in [1.29, 1.82) is 0 Å². The van der Waals surface area contributed by atoms with E-state index in [-0.39, 0.29) is 17.0 Å². The van der Waals surface area contributed by atoms with Crippen LogP contribution in [0, 0.1) is 0 Å². The summed E-state index contributed by atoms with van der Waals surface area (Å²) in [7, 11) is -16.8. The predicted molar refractivity (Wildman–Crippen MR) is 228 cm³/mol. The smallest absolute Gasteiger partial charge is 0.387 e. The van der Waals surface area contributed by atoms with Crippen molar-refractivity contribution >= 4 is 40.4 Å². The Kier molecular flexibility index (Phi) is 31.6. The van der Waals surface area contributed by atoms with Crippen LogP contribution in [0.3, 0.4) is 0 Å². The summed E-state index contributed by atoms with van der Waals surface area (Å²) < 4.78 is 66.1. The number of hydrogen-bond acceptors (Lipinski definition) is 16. The number of imidazole rings is 1. The van der Waals surface area contributed by atoms with Gasteiger partial charge < -0.3 is 54.8 Å². The van der Waals surface area contributed by atoms with Crippen LogP contribution in [0.5, 0.6) is 0 Å². The first-order valence-electron chi connectivity index (χ1n) is 20.2. The summed E-state index contributed by atoms with van der Waals surface area (Å²) in [5.41, 5.74) is 5.84. The number of phosphoric acid groups is 3. The largest absolute Gasteiger partial charge is 0.490 e. The second-order valence-electron chi connectivity index (χ2n) is 12.4. The molecule has 0 radical (unpaired) electrons. The van der Waals surface area contributed by atoms with Crippen molar-refractivity contribution in [1.82, 2.24) is 39.1 Å². The summed E-state index contributed by atoms with van der Waals surface area (Å²) in [5, 5.41) is 10.0. The molecule has 0 saturated carbocycles. The maximum absolute atomic E-state index is 14.6. The van der Waals surface area contributed by atoms with Crippen molar-refractivity contribution in [2.45, 2.75) is 108 Å². The molecule has 2 aromatic rings. The second kappa shape index (κ2) is 31.3. The van der Waals surface area contributed by atoms with Gasteiger partial charge in [-0.2, -0.15) is 8.62 Å². The topological polar surface area (TPSA) is 272 Å². The lowest BCUT2D eigenvalue weighted by Crippen LogP contribution is -2.31. The summed E-state index contributed by atoms with van der Waals surface area (Å²) in [6.07, 6.45) is -4.88. The van der Waals surface area contributed by atoms with Crippen LogP contribution in [-0.2, 0) is 31.6 Å². The Morgan fingerprint density at radius 1 is 0.678 bits per heavy atom. The molecule has 0 bridgehead atoms. The van der Waals surface area contributed by atoms with Gasteiger partial charge in [0.05, 0.1) is 12.9 Å². The van der Waals surface area contributed by atoms with Gasteiger partial charge >= 0.3 is 23.5 Å². The number of nitrogen functional groups attached to an aromatic ring is 1. The van der Waals surface area contributed by atoms with Crippen LogP contribution in [0.25, 0.3) is 11.2 Å². The van der Waals surface area contributed by atoms with Crippen LogP contribution < -0.4 is 5.73 Å². The SMILES string of the molecule is CCN(CC)CC.CCN(CC)CC.CCN(CC)CC.CCN(CC)CC.Nc1ncnc2c1ncn2[C@@H]1O[C@H](COP(=O)(O)OP(=O)(O)OP(=O)(O)O)[C@@H](O)[C@H]1F. The minimum Gasteiger partial charge on any atom is -0.387 e. The number of ether oxygens (including phenoxy) is 1. The molecular weight excluding hydrogens is 838 g/mol. The van der Waals surface area contributed by atoms with Crippen molar-refractivity contribution in [2.24, 2.45) is 0 Å². The van der Waals surface area contributed by atoms with Crippen molar-refractivity contribution in [3.05, 3.63) is 12.7 Å². The lowest BCUT2D eigenvalue weighted by atomic mass is 10.1. The highest BCUT2D eigenvalue weighted by atomic mass is 31.3. The highest BCUT2D eigenvalue weighted by molar-refractivity contribution is 7.66. The van der Waals surface area contributed by atoms with Crippen LogP contribution in [0.1, 0.15) is 89.3 Å². The molecule has 0 aliphatic carbocycles. The number of alkyl halides is 1. The van der Waals surface area contributed by atoms with Crippen LogP contribution in [0.4, 0.5) is 10.2 Å². The van der Waals surface area contributed by atoms with E-state index in [0.29, 0.717) is 0 Å². The molecule has 1 saturated heterocycles. The number of phosphoric ester groups is 1. The van der Waals surface area contributed by atoms with Crippen LogP contribution in [0.15, 0.2) is 12.7 Å². The first-order valence-corrected chi connectivity index (χ1v) is 24.7. The molecule has 3 heterocycles. The molecule has 59 heavy (non-hydrogen) atoms. The van der Waals surface area contributed by atoms with E-state index in [1.807, 2.05) is 0 Å². The Bertz CT molecular complexity index is 1450. The zero-order valence-electron chi connectivity index (χ0n) is 37.1. The maximum Gasteiger partial charge on any atom is 0.490 e. The molecule has 1 fully saturated rings. The molecule has 1 aliphatic rings. The Morgan fingerprint density at radius 2 is 1.07 bits per heavy atom. The zero-order chi connectivity index (χ0) is 46.0. The Morgan fingerprint density at radius 3 is 1.41 bits per heavy atom. The number of anilines is 1. The number of aliphatic hydroxyl groups excluding tert-OH is 1. The summed E-state index contributed by atoms with van der Waals surface area (Å²) in [6, 6.07) is 0. The van der Waals surface area contributed by atoms with Gasteiger partial charge in [0.2, 0.25) is 0 Å². The lowest BCUT2D eigenvalue weighted by molar-refractivity contribution is -0.0450. The number of nitrogens with two attached hydrogens (primary N) is 1. The molecule has 7 N–H and O–H groups in total. The van der Waals surface area contributed by atoms with Gasteiger partial charge in [0.25, 0.3) is 0 Å². The Balaban J connectivity index is 0. The maximum atomic E-state index is 14.6. The molecule has 3 rings (SSSR count). The fourth-order valence-electron chi connectivity index (χ4n) is 5.28. The van der Waals surface area contributed by atoms with E-state index >= 15 is 0 Å². The summed E-state index contributed by atoms with van der Waals surface area (Å²) in [6.45, 7) is 39.5. The van der Waals surface area contributed by atoms with E-state index in [0.717, 1.165) is 17.2 Å². The van der Waals surface area contributed by atoms with E-state index in [4.69, 9.17) is 25.2 Å². The molecule has 350 valence electrons. The molecule has 0 amide bonds. The fraction of sp³-hybridized carbons (Fsp3) is 0.853. The predicted octanol–water partition coefficient (Wildman–Crippen LogP) is 4.74. The minimum absolute atomic E-state index is 0.00177. The van der Waals surface area contributed by atoms with E-state index in [1.54, 1.807) is 0 Å². The van der Waals surface area contributed by atoms with Crippen LogP contribution >= 0.6 is 23.5 Å². The molecule has 0 spiro atoms. The van der Waals surface area contributed by atoms with Gasteiger partial charge in [-0.3, -0.25) is 9.09 Å². The van der Waals surface area contributed by atoms with E-state index in [2.05, 4.69) is 131 Å². The van der Waals surface area contributed by atoms with Gasteiger partial charge in [-0.25, -0.2) is 33.0 Å². The van der Waals surface area contributed by atoms with Gasteiger partial charge in [0.15, 0.2) is 23.9 Å². The highest BCUT2D eigenvalue weighted by Gasteiger charge is 2.48. The van der Waals surface area contributed by atoms with Crippen LogP contribution in [-0.4, -0.2) is 167 Å². The van der Waals surface area contributed by atoms with Gasteiger partial charge in [-0.15, -0.1) is 0 Å². The molecule has 2 unspecified atom stereocenters. The monoisotopic (exact) mass is 913 g/mol. The fourth-order valence-corrected chi connectivity index (χ4v) is 8.31. The van der Waals surface area contributed by atoms with Crippen molar-refractivity contribution in [3.63, 3.8) is 0 Å². The van der Waals surface area contributed by atoms with Gasteiger partial charge in [0, 0.05) is 0 Å². The number of aliphatic hydroxyl groups is 1. The number of rotatable bonds is 20. The third-order valence-electron chi connectivity index (χ3n) is 9.14. The number of fused-ring (bicyclic) bond motifs is 1. The first kappa shape index (κ1) is 59.5. The summed E-state index contributed by atoms with van der Waals surface area (Å²) in [4.78, 5) is 56.5. The lowest BCUT2D eigenvalue weighted by Gasteiger charge is -2.19. The standard InChI is InChI=1S/C10H15FN5O12P3.4C6H15N/c11-5-7(17)4(1-25-30(21,22)28-31(23,24)27-29(18,19)20)26-10(5)16-3-15-6-8(12)13-2-14-9(6)16;4*1-4-7(5-2)6-3/h2-5,7,10,17H,1H2,(H,21,22)(H,23,24)(H2,12,13,14)(H2,18,19,20);4*4-6H2,1-3H3/t4-,5-,7-,10-;;;;/m1..../s1. The average molecular weight is 914 g/mol. The van der Waals surface area contributed by atoms with Crippen molar-refractivity contribution < 1.29 is 60.6 Å².